The van der Waals surface area contributed by atoms with Crippen molar-refractivity contribution in [3.63, 3.8) is 0 Å². The monoisotopic (exact) mass is 112 g/mol. The van der Waals surface area contributed by atoms with E-state index >= 15 is 0 Å². The first-order valence-corrected chi connectivity index (χ1v) is 2.92. The zero-order chi connectivity index (χ0) is 6.20. The largest absolute Gasteiger partial charge is 0.374 e. The molecule has 0 aromatic carbocycles. The molecule has 0 aliphatic heterocycles. The Morgan fingerprint density at radius 3 is 2.38 bits per heavy atom. The van der Waals surface area contributed by atoms with Crippen LogP contribution < -0.4 is 0 Å². The quantitative estimate of drug-likeness (QED) is 0.469. The lowest BCUT2D eigenvalue weighted by Gasteiger charge is -2.39. The summed E-state index contributed by atoms with van der Waals surface area (Å²) in [5.41, 5.74) is 1.26. The van der Waals surface area contributed by atoms with E-state index in [1.54, 1.807) is 7.11 Å². The minimum Gasteiger partial charge on any atom is -0.374 e. The van der Waals surface area contributed by atoms with Crippen LogP contribution in [0.4, 0.5) is 0 Å². The van der Waals surface area contributed by atoms with Gasteiger partial charge in [-0.2, -0.15) is 0 Å². The number of methoxy groups -OCH3 is 1. The van der Waals surface area contributed by atoms with E-state index in [-0.39, 0.29) is 5.60 Å². The molecule has 1 aliphatic carbocycles. The molecule has 0 heterocycles. The molecule has 1 rings (SSSR count). The van der Waals surface area contributed by atoms with Crippen molar-refractivity contribution >= 4 is 0 Å². The minimum atomic E-state index is 0.0278. The average molecular weight is 112 g/mol. The molecule has 0 N–H and O–H groups in total. The van der Waals surface area contributed by atoms with Crippen molar-refractivity contribution in [2.75, 3.05) is 7.11 Å². The summed E-state index contributed by atoms with van der Waals surface area (Å²) in [6.07, 6.45) is 2.28. The van der Waals surface area contributed by atoms with Crippen LogP contribution in [-0.4, -0.2) is 12.7 Å². The van der Waals surface area contributed by atoms with Crippen molar-refractivity contribution in [1.82, 2.24) is 0 Å². The fraction of sp³-hybridized carbons (Fsp3) is 0.714. The van der Waals surface area contributed by atoms with Gasteiger partial charge in [-0.1, -0.05) is 6.58 Å². The number of ether oxygens (including phenoxy) is 1. The van der Waals surface area contributed by atoms with Gasteiger partial charge in [0.15, 0.2) is 0 Å². The van der Waals surface area contributed by atoms with Crippen LogP contribution in [0.25, 0.3) is 0 Å². The highest BCUT2D eigenvalue weighted by Crippen LogP contribution is 2.38. The first-order valence-electron chi connectivity index (χ1n) is 2.92. The minimum absolute atomic E-state index is 0.0278. The van der Waals surface area contributed by atoms with E-state index in [0.29, 0.717) is 0 Å². The van der Waals surface area contributed by atoms with Gasteiger partial charge in [-0.15, -0.1) is 0 Å². The first-order chi connectivity index (χ1) is 3.69. The zero-order valence-electron chi connectivity index (χ0n) is 5.53. The van der Waals surface area contributed by atoms with Crippen molar-refractivity contribution in [1.29, 1.82) is 0 Å². The highest BCUT2D eigenvalue weighted by molar-refractivity contribution is 5.20. The highest BCUT2D eigenvalue weighted by Gasteiger charge is 2.35. The Morgan fingerprint density at radius 2 is 2.38 bits per heavy atom. The van der Waals surface area contributed by atoms with Crippen molar-refractivity contribution in [2.45, 2.75) is 25.4 Å². The maximum absolute atomic E-state index is 5.19. The molecule has 0 amide bonds. The Balaban J connectivity index is 2.55. The second kappa shape index (κ2) is 1.59. The van der Waals surface area contributed by atoms with Crippen LogP contribution in [0.3, 0.4) is 0 Å². The van der Waals surface area contributed by atoms with E-state index in [4.69, 9.17) is 4.74 Å². The van der Waals surface area contributed by atoms with E-state index in [0.717, 1.165) is 12.8 Å². The Hall–Kier alpha value is -0.300. The van der Waals surface area contributed by atoms with Crippen LogP contribution in [0.15, 0.2) is 12.2 Å². The van der Waals surface area contributed by atoms with Crippen LogP contribution in [0.1, 0.15) is 19.8 Å². The van der Waals surface area contributed by atoms with E-state index in [1.165, 1.54) is 5.57 Å². The standard InChI is InChI=1S/C7H12O/c1-6-4-5-7(6,2)8-3/h1,4-5H2,2-3H3. The SMILES string of the molecule is C=C1CCC1(C)OC. The molecule has 1 nitrogen and oxygen atoms in total. The summed E-state index contributed by atoms with van der Waals surface area (Å²) in [5.74, 6) is 0. The van der Waals surface area contributed by atoms with Gasteiger partial charge in [0.05, 0.1) is 5.60 Å². The summed E-state index contributed by atoms with van der Waals surface area (Å²) in [7, 11) is 1.74. The van der Waals surface area contributed by atoms with Crippen LogP contribution in [0, 0.1) is 0 Å². The lowest BCUT2D eigenvalue weighted by molar-refractivity contribution is -0.00359. The summed E-state index contributed by atoms with van der Waals surface area (Å²) < 4.78 is 5.19. The molecule has 0 aromatic rings. The van der Waals surface area contributed by atoms with Gasteiger partial charge in [0.1, 0.15) is 0 Å². The molecule has 1 aliphatic rings. The molecular weight excluding hydrogens is 100 g/mol. The van der Waals surface area contributed by atoms with Crippen LogP contribution in [0.5, 0.6) is 0 Å². The molecule has 46 valence electrons. The van der Waals surface area contributed by atoms with Crippen LogP contribution >= 0.6 is 0 Å². The van der Waals surface area contributed by atoms with Crippen LogP contribution in [0.2, 0.25) is 0 Å². The predicted octanol–water partition coefficient (Wildman–Crippen LogP) is 1.74. The fourth-order valence-electron chi connectivity index (χ4n) is 0.900. The average Bonchev–Trinajstić information content (AvgIpc) is 1.83. The lowest BCUT2D eigenvalue weighted by Crippen LogP contribution is -2.37. The van der Waals surface area contributed by atoms with E-state index in [2.05, 4.69) is 13.5 Å². The van der Waals surface area contributed by atoms with Crippen LogP contribution in [-0.2, 0) is 4.74 Å². The summed E-state index contributed by atoms with van der Waals surface area (Å²) in [6, 6.07) is 0. The summed E-state index contributed by atoms with van der Waals surface area (Å²) >= 11 is 0. The van der Waals surface area contributed by atoms with Gasteiger partial charge < -0.3 is 4.74 Å². The molecule has 8 heavy (non-hydrogen) atoms. The van der Waals surface area contributed by atoms with Crippen molar-refractivity contribution in [2.24, 2.45) is 0 Å². The predicted molar refractivity (Wildman–Crippen MR) is 33.8 cm³/mol. The zero-order valence-corrected chi connectivity index (χ0v) is 5.53. The third-order valence-corrected chi connectivity index (χ3v) is 2.10. The first kappa shape index (κ1) is 5.83. The number of rotatable bonds is 1. The maximum atomic E-state index is 5.19. The second-order valence-corrected chi connectivity index (χ2v) is 2.54. The molecule has 0 saturated heterocycles. The molecular formula is C7H12O. The molecule has 1 unspecified atom stereocenters. The highest BCUT2D eigenvalue weighted by atomic mass is 16.5. The van der Waals surface area contributed by atoms with Gasteiger partial charge in [0, 0.05) is 7.11 Å². The van der Waals surface area contributed by atoms with Gasteiger partial charge in [-0.3, -0.25) is 0 Å². The maximum Gasteiger partial charge on any atom is 0.0860 e. The Labute approximate surface area is 50.3 Å². The fourth-order valence-corrected chi connectivity index (χ4v) is 0.900. The normalized spacial score (nSPS) is 37.0. The van der Waals surface area contributed by atoms with Gasteiger partial charge in [0.25, 0.3) is 0 Å². The summed E-state index contributed by atoms with van der Waals surface area (Å²) in [5, 5.41) is 0. The van der Waals surface area contributed by atoms with E-state index in [9.17, 15) is 0 Å². The van der Waals surface area contributed by atoms with Gasteiger partial charge in [-0.25, -0.2) is 0 Å². The third kappa shape index (κ3) is 0.583. The molecule has 0 bridgehead atoms. The third-order valence-electron chi connectivity index (χ3n) is 2.10. The smallest absolute Gasteiger partial charge is 0.0860 e. The summed E-state index contributed by atoms with van der Waals surface area (Å²) in [4.78, 5) is 0. The molecule has 0 radical (unpaired) electrons. The number of hydrogen-bond acceptors (Lipinski definition) is 1. The second-order valence-electron chi connectivity index (χ2n) is 2.54. The van der Waals surface area contributed by atoms with Crippen molar-refractivity contribution < 1.29 is 4.74 Å². The van der Waals surface area contributed by atoms with Gasteiger partial charge in [0.2, 0.25) is 0 Å². The molecule has 0 aromatic heterocycles. The lowest BCUT2D eigenvalue weighted by atomic mass is 9.77. The summed E-state index contributed by atoms with van der Waals surface area (Å²) in [6.45, 7) is 5.94. The molecule has 0 spiro atoms. The van der Waals surface area contributed by atoms with Crippen molar-refractivity contribution in [3.05, 3.63) is 12.2 Å². The van der Waals surface area contributed by atoms with E-state index in [1.807, 2.05) is 0 Å². The van der Waals surface area contributed by atoms with Gasteiger partial charge in [-0.05, 0) is 25.3 Å². The topological polar surface area (TPSA) is 9.23 Å². The number of hydrogen-bond donors (Lipinski definition) is 0. The Morgan fingerprint density at radius 1 is 1.75 bits per heavy atom. The Kier molecular flexibility index (Phi) is 1.16. The molecule has 1 heteroatoms. The molecule has 1 atom stereocenters. The van der Waals surface area contributed by atoms with Crippen molar-refractivity contribution in [3.8, 4) is 0 Å². The van der Waals surface area contributed by atoms with Gasteiger partial charge >= 0.3 is 0 Å². The Bertz CT molecular complexity index is 114. The molecule has 1 saturated carbocycles. The molecule has 1 fully saturated rings. The van der Waals surface area contributed by atoms with E-state index < -0.39 is 0 Å².